The minimum Gasteiger partial charge on any atom is -0.442 e. The van der Waals surface area contributed by atoms with Crippen molar-refractivity contribution in [3.05, 3.63) is 76.2 Å². The lowest BCUT2D eigenvalue weighted by Gasteiger charge is -2.18. The number of hydrogen-bond donors (Lipinski definition) is 2. The highest BCUT2D eigenvalue weighted by atomic mass is 16.5. The van der Waals surface area contributed by atoms with Crippen LogP contribution in [0.1, 0.15) is 29.1 Å². The van der Waals surface area contributed by atoms with Gasteiger partial charge in [0.05, 0.1) is 5.39 Å². The molecule has 0 fully saturated rings. The quantitative estimate of drug-likeness (QED) is 0.620. The molecule has 1 aromatic heterocycles. The van der Waals surface area contributed by atoms with Crippen LogP contribution in [0.15, 0.2) is 59.4 Å². The Balaban J connectivity index is 1.97. The summed E-state index contributed by atoms with van der Waals surface area (Å²) in [6.45, 7) is 2.03. The third-order valence-corrected chi connectivity index (χ3v) is 4.29. The van der Waals surface area contributed by atoms with Gasteiger partial charge in [-0.1, -0.05) is 48.5 Å². The maximum atomic E-state index is 12.9. The number of aromatic nitrogens is 2. The average Bonchev–Trinajstić information content (AvgIpc) is 2.75. The second kappa shape index (κ2) is 8.99. The van der Waals surface area contributed by atoms with Gasteiger partial charge in [-0.2, -0.15) is 5.10 Å². The Kier molecular flexibility index (Phi) is 6.21. The fourth-order valence-corrected chi connectivity index (χ4v) is 2.90. The molecule has 3 rings (SSSR count). The number of aryl methyl sites for hydroxylation is 1. The van der Waals surface area contributed by atoms with E-state index in [0.717, 1.165) is 4.68 Å². The van der Waals surface area contributed by atoms with E-state index in [1.807, 2.05) is 0 Å². The van der Waals surface area contributed by atoms with Crippen molar-refractivity contribution in [1.29, 1.82) is 0 Å². The zero-order valence-corrected chi connectivity index (χ0v) is 16.4. The van der Waals surface area contributed by atoms with Gasteiger partial charge in [0.1, 0.15) is 0 Å². The van der Waals surface area contributed by atoms with Gasteiger partial charge in [-0.15, -0.1) is 0 Å². The van der Waals surface area contributed by atoms with Gasteiger partial charge in [0.2, 0.25) is 6.10 Å². The molecule has 9 nitrogen and oxygen atoms in total. The van der Waals surface area contributed by atoms with Crippen molar-refractivity contribution >= 4 is 28.7 Å². The number of esters is 1. The van der Waals surface area contributed by atoms with Gasteiger partial charge >= 0.3 is 12.0 Å². The number of carbonyl (C=O) groups excluding carboxylic acids is 3. The largest absolute Gasteiger partial charge is 0.442 e. The highest BCUT2D eigenvalue weighted by Crippen LogP contribution is 2.21. The number of imide groups is 1. The summed E-state index contributed by atoms with van der Waals surface area (Å²) in [4.78, 5) is 49.6. The van der Waals surface area contributed by atoms with Crippen LogP contribution >= 0.6 is 0 Å². The first kappa shape index (κ1) is 20.7. The molecule has 0 saturated carbocycles. The van der Waals surface area contributed by atoms with Crippen molar-refractivity contribution in [1.82, 2.24) is 20.4 Å². The van der Waals surface area contributed by atoms with Gasteiger partial charge in [-0.25, -0.2) is 14.3 Å². The molecule has 1 heterocycles. The van der Waals surface area contributed by atoms with Crippen LogP contribution in [-0.2, 0) is 16.6 Å². The Labute approximate surface area is 171 Å². The Morgan fingerprint density at radius 2 is 1.67 bits per heavy atom. The summed E-state index contributed by atoms with van der Waals surface area (Å²) in [5, 5.41) is 9.22. The van der Waals surface area contributed by atoms with Crippen LogP contribution in [0.25, 0.3) is 10.8 Å². The molecule has 0 aliphatic heterocycles. The van der Waals surface area contributed by atoms with Crippen LogP contribution in [0, 0.1) is 0 Å². The van der Waals surface area contributed by atoms with Crippen molar-refractivity contribution in [2.45, 2.75) is 13.0 Å². The molecule has 2 N–H and O–H groups in total. The predicted octanol–water partition coefficient (Wildman–Crippen LogP) is 1.68. The van der Waals surface area contributed by atoms with E-state index in [1.54, 1.807) is 61.5 Å². The molecule has 2 aromatic carbocycles. The van der Waals surface area contributed by atoms with Crippen molar-refractivity contribution in [2.75, 3.05) is 6.54 Å². The van der Waals surface area contributed by atoms with Gasteiger partial charge in [0.25, 0.3) is 11.5 Å². The van der Waals surface area contributed by atoms with Gasteiger partial charge in [-0.05, 0) is 13.0 Å². The molecule has 3 amide bonds. The molecule has 154 valence electrons. The van der Waals surface area contributed by atoms with Crippen LogP contribution in [-0.4, -0.2) is 34.2 Å². The van der Waals surface area contributed by atoms with Gasteiger partial charge in [-0.3, -0.25) is 14.9 Å². The smallest absolute Gasteiger partial charge is 0.360 e. The van der Waals surface area contributed by atoms with E-state index in [2.05, 4.69) is 15.7 Å². The van der Waals surface area contributed by atoms with E-state index in [-0.39, 0.29) is 11.3 Å². The maximum Gasteiger partial charge on any atom is 0.360 e. The molecule has 3 aromatic rings. The molecule has 0 bridgehead atoms. The van der Waals surface area contributed by atoms with Crippen LogP contribution in [0.4, 0.5) is 4.79 Å². The molecule has 9 heteroatoms. The third kappa shape index (κ3) is 4.35. The second-order valence-electron chi connectivity index (χ2n) is 6.37. The summed E-state index contributed by atoms with van der Waals surface area (Å²) in [6, 6.07) is 14.1. The zero-order valence-electron chi connectivity index (χ0n) is 16.4. The summed E-state index contributed by atoms with van der Waals surface area (Å²) in [5.41, 5.74) is -0.100. The second-order valence-corrected chi connectivity index (χ2v) is 6.37. The van der Waals surface area contributed by atoms with Crippen LogP contribution in [0.5, 0.6) is 0 Å². The third-order valence-electron chi connectivity index (χ3n) is 4.29. The lowest BCUT2D eigenvalue weighted by Crippen LogP contribution is -2.42. The Hall–Kier alpha value is -4.01. The minimum atomic E-state index is -1.39. The van der Waals surface area contributed by atoms with Crippen LogP contribution in [0.2, 0.25) is 0 Å². The van der Waals surface area contributed by atoms with Crippen LogP contribution in [0.3, 0.4) is 0 Å². The number of nitrogens with zero attached hydrogens (tertiary/aromatic N) is 2. The Morgan fingerprint density at radius 3 is 2.33 bits per heavy atom. The number of nitrogens with one attached hydrogen (secondary N) is 2. The first-order valence-electron chi connectivity index (χ1n) is 9.23. The van der Waals surface area contributed by atoms with Crippen molar-refractivity contribution < 1.29 is 19.1 Å². The number of amides is 3. The summed E-state index contributed by atoms with van der Waals surface area (Å²) < 4.78 is 6.49. The predicted molar refractivity (Wildman–Crippen MR) is 109 cm³/mol. The zero-order chi connectivity index (χ0) is 21.7. The molecule has 0 spiro atoms. The van der Waals surface area contributed by atoms with E-state index in [0.29, 0.717) is 22.9 Å². The van der Waals surface area contributed by atoms with E-state index < -0.39 is 24.0 Å². The maximum absolute atomic E-state index is 12.9. The number of urea groups is 1. The lowest BCUT2D eigenvalue weighted by molar-refractivity contribution is -0.129. The molecule has 1 atom stereocenters. The number of rotatable bonds is 5. The first-order chi connectivity index (χ1) is 14.4. The molecular weight excluding hydrogens is 388 g/mol. The summed E-state index contributed by atoms with van der Waals surface area (Å²) in [5.74, 6) is -1.71. The fourth-order valence-electron chi connectivity index (χ4n) is 2.90. The molecule has 0 aliphatic carbocycles. The SMILES string of the molecule is CCNC(=O)NC(=O)[C@H](OC(=O)c1nn(C)c(=O)c2ccccc12)c1ccccc1. The summed E-state index contributed by atoms with van der Waals surface area (Å²) >= 11 is 0. The molecule has 0 aliphatic rings. The number of carbonyl (C=O) groups is 3. The van der Waals surface area contributed by atoms with Crippen LogP contribution < -0.4 is 16.2 Å². The van der Waals surface area contributed by atoms with E-state index in [9.17, 15) is 19.2 Å². The fraction of sp³-hybridized carbons (Fsp3) is 0.190. The molecule has 0 saturated heterocycles. The molecule has 0 radical (unpaired) electrons. The van der Waals surface area contributed by atoms with Crippen molar-refractivity contribution in [3.63, 3.8) is 0 Å². The normalized spacial score (nSPS) is 11.5. The number of hydrogen-bond acceptors (Lipinski definition) is 6. The topological polar surface area (TPSA) is 119 Å². The minimum absolute atomic E-state index is 0.112. The monoisotopic (exact) mass is 408 g/mol. The van der Waals surface area contributed by atoms with Gasteiger partial charge in [0, 0.05) is 24.5 Å². The number of benzene rings is 2. The van der Waals surface area contributed by atoms with E-state index >= 15 is 0 Å². The lowest BCUT2D eigenvalue weighted by atomic mass is 10.1. The number of fused-ring (bicyclic) bond motifs is 1. The van der Waals surface area contributed by atoms with Gasteiger partial charge in [0.15, 0.2) is 5.69 Å². The Morgan fingerprint density at radius 1 is 1.03 bits per heavy atom. The highest BCUT2D eigenvalue weighted by molar-refractivity contribution is 6.04. The first-order valence-corrected chi connectivity index (χ1v) is 9.23. The highest BCUT2D eigenvalue weighted by Gasteiger charge is 2.28. The van der Waals surface area contributed by atoms with Gasteiger partial charge < -0.3 is 10.1 Å². The van der Waals surface area contributed by atoms with E-state index in [1.165, 1.54) is 7.05 Å². The Bertz CT molecular complexity index is 1160. The van der Waals surface area contributed by atoms with E-state index in [4.69, 9.17) is 4.74 Å². The molecule has 30 heavy (non-hydrogen) atoms. The molecular formula is C21H20N4O5. The van der Waals surface area contributed by atoms with Crippen molar-refractivity contribution in [3.8, 4) is 0 Å². The number of ether oxygens (including phenoxy) is 1. The standard InChI is InChI=1S/C21H20N4O5/c1-3-22-21(29)23-18(26)17(13-9-5-4-6-10-13)30-20(28)16-14-11-7-8-12-15(14)19(27)25(2)24-16/h4-12,17H,3H2,1-2H3,(H2,22,23,26,29)/t17-/m1/s1. The summed E-state index contributed by atoms with van der Waals surface area (Å²) in [6.07, 6.45) is -1.39. The summed E-state index contributed by atoms with van der Waals surface area (Å²) in [7, 11) is 1.42. The van der Waals surface area contributed by atoms with Crippen molar-refractivity contribution in [2.24, 2.45) is 7.05 Å². The molecule has 0 unspecified atom stereocenters. The average molecular weight is 408 g/mol.